The maximum atomic E-state index is 12.1. The highest BCUT2D eigenvalue weighted by atomic mass is 79.9. The van der Waals surface area contributed by atoms with Crippen LogP contribution in [-0.4, -0.2) is 42.6 Å². The number of carbonyl (C=O) groups excluding carboxylic acids is 1. The van der Waals surface area contributed by atoms with Gasteiger partial charge in [-0.3, -0.25) is 5.32 Å². The van der Waals surface area contributed by atoms with Crippen LogP contribution >= 0.6 is 15.9 Å². The number of amides is 1. The summed E-state index contributed by atoms with van der Waals surface area (Å²) < 4.78 is 13.8. The summed E-state index contributed by atoms with van der Waals surface area (Å²) in [5.74, 6) is 2.15. The third kappa shape index (κ3) is 7.84. The average Bonchev–Trinajstić information content (AvgIpc) is 3.29. The number of nitrogens with one attached hydrogen (secondary N) is 1. The summed E-state index contributed by atoms with van der Waals surface area (Å²) in [4.78, 5) is 22.1. The normalized spacial score (nSPS) is 11.7. The van der Waals surface area contributed by atoms with Crippen molar-refractivity contribution in [1.29, 1.82) is 0 Å². The molecule has 39 heavy (non-hydrogen) atoms. The summed E-state index contributed by atoms with van der Waals surface area (Å²) in [7, 11) is 1.71. The number of ether oxygens (including phenoxy) is 2. The van der Waals surface area contributed by atoms with Gasteiger partial charge in [0.2, 0.25) is 5.82 Å². The van der Waals surface area contributed by atoms with Crippen LogP contribution in [0.3, 0.4) is 0 Å². The quantitative estimate of drug-likeness (QED) is 0.201. The van der Waals surface area contributed by atoms with Crippen LogP contribution in [0.5, 0.6) is 11.5 Å². The van der Waals surface area contributed by atoms with Crippen molar-refractivity contribution in [3.05, 3.63) is 87.8 Å². The van der Waals surface area contributed by atoms with Crippen molar-refractivity contribution >= 4 is 33.6 Å². The molecule has 2 heterocycles. The molecule has 0 unspecified atom stereocenters. The Morgan fingerprint density at radius 3 is 2.49 bits per heavy atom. The molecular formula is C27H28BrN7O4. The van der Waals surface area contributed by atoms with E-state index in [0.717, 1.165) is 21.3 Å². The maximum absolute atomic E-state index is 12.1. The lowest BCUT2D eigenvalue weighted by molar-refractivity contribution is 0.0635. The van der Waals surface area contributed by atoms with Gasteiger partial charge in [0.05, 0.1) is 5.69 Å². The van der Waals surface area contributed by atoms with Crippen molar-refractivity contribution in [1.82, 2.24) is 25.2 Å². The summed E-state index contributed by atoms with van der Waals surface area (Å²) in [6, 6.07) is 18.3. The first-order chi connectivity index (χ1) is 18.6. The van der Waals surface area contributed by atoms with Crippen molar-refractivity contribution in [2.45, 2.75) is 39.9 Å². The molecule has 0 saturated heterocycles. The summed E-state index contributed by atoms with van der Waals surface area (Å²) >= 11 is 3.50. The van der Waals surface area contributed by atoms with Crippen molar-refractivity contribution in [3.8, 4) is 11.5 Å². The zero-order chi connectivity index (χ0) is 28.0. The number of pyridine rings is 1. The molecule has 0 aliphatic rings. The molecule has 0 aliphatic carbocycles. The molecule has 1 N–H and O–H groups in total. The van der Waals surface area contributed by atoms with Crippen molar-refractivity contribution in [2.75, 3.05) is 5.32 Å². The van der Waals surface area contributed by atoms with Gasteiger partial charge in [-0.25, -0.2) is 14.5 Å². The van der Waals surface area contributed by atoms with E-state index in [1.807, 2.05) is 49.4 Å². The van der Waals surface area contributed by atoms with E-state index in [1.165, 1.54) is 4.68 Å². The second-order valence-electron chi connectivity index (χ2n) is 9.52. The largest absolute Gasteiger partial charge is 0.457 e. The van der Waals surface area contributed by atoms with E-state index < -0.39 is 11.7 Å². The van der Waals surface area contributed by atoms with Crippen LogP contribution in [0.4, 0.5) is 10.6 Å². The van der Waals surface area contributed by atoms with Gasteiger partial charge in [0.25, 0.3) is 0 Å². The number of nitrogens with zero attached hydrogens (tertiary/aromatic N) is 6. The number of carbonyl (C=O) groups is 1. The number of benzene rings is 2. The summed E-state index contributed by atoms with van der Waals surface area (Å²) in [5, 5.41) is 18.6. The number of rotatable bonds is 8. The van der Waals surface area contributed by atoms with Crippen LogP contribution in [-0.2, 0) is 23.2 Å². The number of oxime groups is 1. The van der Waals surface area contributed by atoms with E-state index in [1.54, 1.807) is 46.0 Å². The Kier molecular flexibility index (Phi) is 8.55. The molecule has 11 nitrogen and oxygen atoms in total. The Hall–Kier alpha value is -4.32. The first-order valence-corrected chi connectivity index (χ1v) is 12.8. The van der Waals surface area contributed by atoms with Crippen LogP contribution in [0.25, 0.3) is 0 Å². The molecule has 4 rings (SSSR count). The molecule has 4 aromatic rings. The standard InChI is InChI=1S/C27H28BrN7O4/c1-17-15-21(13-14-22(17)28)38-20-11-9-18(10-12-20)24(25-31-33-34-35(25)5)32-37-16-19-7-6-8-23(29-19)30-26(36)39-27(2,3)4/h6-15H,16H2,1-5H3,(H,29,30,36)/b32-24-. The average molecular weight is 594 g/mol. The predicted octanol–water partition coefficient (Wildman–Crippen LogP) is 5.78. The topological polar surface area (TPSA) is 126 Å². The highest BCUT2D eigenvalue weighted by Gasteiger charge is 2.17. The van der Waals surface area contributed by atoms with E-state index in [4.69, 9.17) is 14.3 Å². The summed E-state index contributed by atoms with van der Waals surface area (Å²) in [6.45, 7) is 7.41. The van der Waals surface area contributed by atoms with Gasteiger partial charge in [0, 0.05) is 17.1 Å². The van der Waals surface area contributed by atoms with Crippen LogP contribution in [0.1, 0.15) is 43.4 Å². The number of aryl methyl sites for hydroxylation is 2. The maximum Gasteiger partial charge on any atom is 0.413 e. The molecule has 2 aromatic heterocycles. The molecule has 0 radical (unpaired) electrons. The third-order valence-electron chi connectivity index (χ3n) is 5.13. The van der Waals surface area contributed by atoms with E-state index in [2.05, 4.69) is 46.9 Å². The Bertz CT molecular complexity index is 1480. The minimum atomic E-state index is -0.618. The third-order valence-corrected chi connectivity index (χ3v) is 6.02. The van der Waals surface area contributed by atoms with Crippen LogP contribution in [0.2, 0.25) is 0 Å². The number of halogens is 1. The zero-order valence-corrected chi connectivity index (χ0v) is 23.8. The predicted molar refractivity (Wildman–Crippen MR) is 149 cm³/mol. The fraction of sp³-hybridized carbons (Fsp3) is 0.259. The Morgan fingerprint density at radius 1 is 1.08 bits per heavy atom. The smallest absolute Gasteiger partial charge is 0.413 e. The molecular weight excluding hydrogens is 566 g/mol. The highest BCUT2D eigenvalue weighted by molar-refractivity contribution is 9.10. The monoisotopic (exact) mass is 593 g/mol. The number of anilines is 1. The number of hydrogen-bond donors (Lipinski definition) is 1. The second kappa shape index (κ2) is 12.0. The van der Waals surface area contributed by atoms with Gasteiger partial charge in [0.1, 0.15) is 22.9 Å². The Balaban J connectivity index is 1.48. The van der Waals surface area contributed by atoms with Gasteiger partial charge >= 0.3 is 6.09 Å². The Labute approximate surface area is 234 Å². The molecule has 0 spiro atoms. The minimum Gasteiger partial charge on any atom is -0.457 e. The van der Waals surface area contributed by atoms with E-state index in [9.17, 15) is 4.79 Å². The van der Waals surface area contributed by atoms with E-state index in [-0.39, 0.29) is 6.61 Å². The lowest BCUT2D eigenvalue weighted by Gasteiger charge is -2.19. The van der Waals surface area contributed by atoms with Gasteiger partial charge in [-0.2, -0.15) is 0 Å². The van der Waals surface area contributed by atoms with E-state index >= 15 is 0 Å². The molecule has 0 fully saturated rings. The minimum absolute atomic E-state index is 0.0444. The molecule has 0 saturated carbocycles. The van der Waals surface area contributed by atoms with Crippen LogP contribution in [0, 0.1) is 6.92 Å². The van der Waals surface area contributed by atoms with E-state index in [0.29, 0.717) is 28.8 Å². The van der Waals surface area contributed by atoms with Crippen LogP contribution < -0.4 is 10.1 Å². The number of aromatic nitrogens is 5. The van der Waals surface area contributed by atoms with Gasteiger partial charge in [-0.05, 0) is 98.3 Å². The first kappa shape index (κ1) is 27.7. The molecule has 0 atom stereocenters. The lowest BCUT2D eigenvalue weighted by atomic mass is 10.1. The van der Waals surface area contributed by atoms with Crippen molar-refractivity contribution < 1.29 is 19.1 Å². The van der Waals surface area contributed by atoms with Gasteiger partial charge < -0.3 is 14.3 Å². The molecule has 12 heteroatoms. The highest BCUT2D eigenvalue weighted by Crippen LogP contribution is 2.26. The molecule has 2 aromatic carbocycles. The first-order valence-electron chi connectivity index (χ1n) is 12.0. The van der Waals surface area contributed by atoms with Crippen molar-refractivity contribution in [3.63, 3.8) is 0 Å². The lowest BCUT2D eigenvalue weighted by Crippen LogP contribution is -2.27. The fourth-order valence-corrected chi connectivity index (χ4v) is 3.60. The van der Waals surface area contributed by atoms with Gasteiger partial charge in [-0.1, -0.05) is 27.2 Å². The van der Waals surface area contributed by atoms with Crippen LogP contribution in [0.15, 0.2) is 70.3 Å². The van der Waals surface area contributed by atoms with Gasteiger partial charge in [0.15, 0.2) is 12.3 Å². The SMILES string of the molecule is Cc1cc(Oc2ccc(/C(=N/OCc3cccc(NC(=O)OC(C)(C)C)n3)c3nnnn3C)cc2)ccc1Br. The second-order valence-corrected chi connectivity index (χ2v) is 10.4. The number of hydrogen-bond acceptors (Lipinski definition) is 9. The van der Waals surface area contributed by atoms with Gasteiger partial charge in [-0.15, -0.1) is 5.10 Å². The summed E-state index contributed by atoms with van der Waals surface area (Å²) in [5.41, 5.74) is 2.16. The molecule has 0 bridgehead atoms. The molecule has 0 aliphatic heterocycles. The zero-order valence-electron chi connectivity index (χ0n) is 22.2. The molecule has 1 amide bonds. The van der Waals surface area contributed by atoms with Crippen molar-refractivity contribution in [2.24, 2.45) is 12.2 Å². The molecule has 202 valence electrons. The number of tetrazole rings is 1. The fourth-order valence-electron chi connectivity index (χ4n) is 3.35. The summed E-state index contributed by atoms with van der Waals surface area (Å²) in [6.07, 6.45) is -0.592. The Morgan fingerprint density at radius 2 is 1.82 bits per heavy atom.